The quantitative estimate of drug-likeness (QED) is 0.808. The second-order valence-corrected chi connectivity index (χ2v) is 3.18. The topological polar surface area (TPSA) is 30.5 Å². The van der Waals surface area contributed by atoms with E-state index in [1.54, 1.807) is 19.2 Å². The average molecular weight is 213 g/mol. The van der Waals surface area contributed by atoms with Gasteiger partial charge in [-0.1, -0.05) is 6.07 Å². The summed E-state index contributed by atoms with van der Waals surface area (Å²) in [5.74, 6) is -0.119. The van der Waals surface area contributed by atoms with Crippen LogP contribution in [0.2, 0.25) is 0 Å². The fourth-order valence-corrected chi connectivity index (χ4v) is 1.41. The van der Waals surface area contributed by atoms with Gasteiger partial charge in [0.05, 0.1) is 13.2 Å². The van der Waals surface area contributed by atoms with E-state index in [0.717, 1.165) is 5.56 Å². The summed E-state index contributed by atoms with van der Waals surface area (Å²) in [6.07, 6.45) is -0.143. The van der Waals surface area contributed by atoms with Crippen LogP contribution in [0.3, 0.4) is 0 Å². The molecule has 84 valence electrons. The van der Waals surface area contributed by atoms with Crippen molar-refractivity contribution < 1.29 is 13.9 Å². The van der Waals surface area contributed by atoms with Crippen LogP contribution in [0.5, 0.6) is 5.75 Å². The number of hydrogen-bond acceptors (Lipinski definition) is 3. The Bertz CT molecular complexity index is 317. The Kier molecular flexibility index (Phi) is 4.52. The van der Waals surface area contributed by atoms with Crippen LogP contribution in [0.1, 0.15) is 11.7 Å². The molecule has 0 aliphatic rings. The highest BCUT2D eigenvalue weighted by molar-refractivity contribution is 5.30. The van der Waals surface area contributed by atoms with E-state index in [0.29, 0.717) is 6.54 Å². The maximum Gasteiger partial charge on any atom is 0.165 e. The highest BCUT2D eigenvalue weighted by Crippen LogP contribution is 2.23. The normalized spacial score (nSPS) is 12.5. The molecule has 0 heterocycles. The summed E-state index contributed by atoms with van der Waals surface area (Å²) >= 11 is 0. The minimum Gasteiger partial charge on any atom is -0.494 e. The first kappa shape index (κ1) is 11.9. The molecule has 1 aromatic carbocycles. The molecule has 0 amide bonds. The number of halogens is 1. The number of benzene rings is 1. The van der Waals surface area contributed by atoms with E-state index in [1.165, 1.54) is 13.2 Å². The van der Waals surface area contributed by atoms with Crippen molar-refractivity contribution in [1.82, 2.24) is 5.32 Å². The Balaban J connectivity index is 2.89. The molecule has 3 nitrogen and oxygen atoms in total. The first-order valence-electron chi connectivity index (χ1n) is 4.73. The van der Waals surface area contributed by atoms with Crippen LogP contribution in [-0.4, -0.2) is 27.8 Å². The van der Waals surface area contributed by atoms with Crippen LogP contribution in [0.15, 0.2) is 18.2 Å². The van der Waals surface area contributed by atoms with Crippen molar-refractivity contribution in [1.29, 1.82) is 0 Å². The molecule has 0 aliphatic carbocycles. The fourth-order valence-electron chi connectivity index (χ4n) is 1.41. The summed E-state index contributed by atoms with van der Waals surface area (Å²) in [5.41, 5.74) is 0.796. The molecule has 1 aromatic rings. The van der Waals surface area contributed by atoms with Crippen molar-refractivity contribution in [2.75, 3.05) is 27.8 Å². The van der Waals surface area contributed by atoms with Gasteiger partial charge in [0.2, 0.25) is 0 Å². The Hall–Kier alpha value is -1.13. The molecule has 0 saturated heterocycles. The van der Waals surface area contributed by atoms with Gasteiger partial charge in [-0.25, -0.2) is 4.39 Å². The molecule has 0 saturated carbocycles. The number of likely N-dealkylation sites (N-methyl/N-ethyl adjacent to an activating group) is 1. The molecular formula is C11H16FNO2. The van der Waals surface area contributed by atoms with Crippen molar-refractivity contribution in [3.05, 3.63) is 29.6 Å². The maximum absolute atomic E-state index is 13.4. The molecule has 1 N–H and O–H groups in total. The molecular weight excluding hydrogens is 197 g/mol. The van der Waals surface area contributed by atoms with Gasteiger partial charge in [0.15, 0.2) is 11.6 Å². The molecule has 0 aliphatic heterocycles. The first-order valence-corrected chi connectivity index (χ1v) is 4.73. The van der Waals surface area contributed by atoms with Crippen molar-refractivity contribution in [3.8, 4) is 5.75 Å². The predicted molar refractivity (Wildman–Crippen MR) is 56.6 cm³/mol. The van der Waals surface area contributed by atoms with E-state index >= 15 is 0 Å². The molecule has 0 spiro atoms. The zero-order valence-electron chi connectivity index (χ0n) is 9.21. The largest absolute Gasteiger partial charge is 0.494 e. The summed E-state index contributed by atoms with van der Waals surface area (Å²) in [4.78, 5) is 0. The van der Waals surface area contributed by atoms with Crippen molar-refractivity contribution in [2.24, 2.45) is 0 Å². The molecule has 0 radical (unpaired) electrons. The van der Waals surface area contributed by atoms with Gasteiger partial charge < -0.3 is 14.8 Å². The van der Waals surface area contributed by atoms with Crippen LogP contribution < -0.4 is 10.1 Å². The Morgan fingerprint density at radius 2 is 2.13 bits per heavy atom. The average Bonchev–Trinajstić information content (AvgIpc) is 2.25. The van der Waals surface area contributed by atoms with Gasteiger partial charge in [-0.2, -0.15) is 0 Å². The zero-order valence-corrected chi connectivity index (χ0v) is 9.21. The Morgan fingerprint density at radius 3 is 2.60 bits per heavy atom. The second-order valence-electron chi connectivity index (χ2n) is 3.18. The lowest BCUT2D eigenvalue weighted by molar-refractivity contribution is 0.104. The third-order valence-electron chi connectivity index (χ3n) is 2.22. The molecule has 4 heteroatoms. The number of rotatable bonds is 5. The van der Waals surface area contributed by atoms with E-state index in [9.17, 15) is 4.39 Å². The van der Waals surface area contributed by atoms with E-state index in [2.05, 4.69) is 5.32 Å². The van der Waals surface area contributed by atoms with Gasteiger partial charge in [-0.3, -0.25) is 0 Å². The van der Waals surface area contributed by atoms with Gasteiger partial charge in [-0.05, 0) is 24.7 Å². The summed E-state index contributed by atoms with van der Waals surface area (Å²) in [5, 5.41) is 2.99. The van der Waals surface area contributed by atoms with Crippen molar-refractivity contribution >= 4 is 0 Å². The molecule has 1 rings (SSSR count). The highest BCUT2D eigenvalue weighted by Gasteiger charge is 2.12. The highest BCUT2D eigenvalue weighted by atomic mass is 19.1. The molecule has 15 heavy (non-hydrogen) atoms. The third kappa shape index (κ3) is 2.91. The van der Waals surface area contributed by atoms with Gasteiger partial charge in [0.25, 0.3) is 0 Å². The number of methoxy groups -OCH3 is 2. The van der Waals surface area contributed by atoms with Gasteiger partial charge >= 0.3 is 0 Å². The lowest BCUT2D eigenvalue weighted by Crippen LogP contribution is -2.18. The Labute approximate surface area is 89.2 Å². The van der Waals surface area contributed by atoms with Crippen LogP contribution in [0, 0.1) is 5.82 Å². The van der Waals surface area contributed by atoms with E-state index in [4.69, 9.17) is 9.47 Å². The first-order chi connectivity index (χ1) is 7.22. The smallest absolute Gasteiger partial charge is 0.165 e. The zero-order chi connectivity index (χ0) is 11.3. The second kappa shape index (κ2) is 5.68. The van der Waals surface area contributed by atoms with Crippen molar-refractivity contribution in [3.63, 3.8) is 0 Å². The number of hydrogen-bond donors (Lipinski definition) is 1. The van der Waals surface area contributed by atoms with E-state index in [1.807, 2.05) is 7.05 Å². The van der Waals surface area contributed by atoms with Crippen LogP contribution in [-0.2, 0) is 4.74 Å². The minimum absolute atomic E-state index is 0.143. The minimum atomic E-state index is -0.367. The number of nitrogens with one attached hydrogen (secondary N) is 1. The van der Waals surface area contributed by atoms with Crippen LogP contribution in [0.25, 0.3) is 0 Å². The van der Waals surface area contributed by atoms with Crippen LogP contribution >= 0.6 is 0 Å². The summed E-state index contributed by atoms with van der Waals surface area (Å²) in [6.45, 7) is 0.641. The van der Waals surface area contributed by atoms with Gasteiger partial charge in [0.1, 0.15) is 0 Å². The SMILES string of the molecule is CNCC(OC)c1ccc(OC)c(F)c1. The molecule has 1 unspecified atom stereocenters. The molecule has 1 atom stereocenters. The number of ether oxygens (including phenoxy) is 2. The standard InChI is InChI=1S/C11H16FNO2/c1-13-7-11(15-3)8-4-5-10(14-2)9(12)6-8/h4-6,11,13H,7H2,1-3H3. The van der Waals surface area contributed by atoms with Crippen molar-refractivity contribution in [2.45, 2.75) is 6.10 Å². The lowest BCUT2D eigenvalue weighted by atomic mass is 10.1. The summed E-state index contributed by atoms with van der Waals surface area (Å²) in [6, 6.07) is 4.84. The summed E-state index contributed by atoms with van der Waals surface area (Å²) in [7, 11) is 4.87. The molecule has 0 aromatic heterocycles. The van der Waals surface area contributed by atoms with Gasteiger partial charge in [0, 0.05) is 13.7 Å². The van der Waals surface area contributed by atoms with Crippen LogP contribution in [0.4, 0.5) is 4.39 Å². The maximum atomic E-state index is 13.4. The van der Waals surface area contributed by atoms with E-state index in [-0.39, 0.29) is 17.7 Å². The molecule has 0 fully saturated rings. The lowest BCUT2D eigenvalue weighted by Gasteiger charge is -2.15. The predicted octanol–water partition coefficient (Wildman–Crippen LogP) is 1.74. The van der Waals surface area contributed by atoms with Gasteiger partial charge in [-0.15, -0.1) is 0 Å². The molecule has 0 bridgehead atoms. The monoisotopic (exact) mass is 213 g/mol. The fraction of sp³-hybridized carbons (Fsp3) is 0.455. The van der Waals surface area contributed by atoms with E-state index < -0.39 is 0 Å². The summed E-state index contributed by atoms with van der Waals surface area (Å²) < 4.78 is 23.5. The Morgan fingerprint density at radius 1 is 1.40 bits per heavy atom. The third-order valence-corrected chi connectivity index (χ3v) is 2.22.